The van der Waals surface area contributed by atoms with Crippen LogP contribution in [0.1, 0.15) is 29.6 Å². The fourth-order valence-corrected chi connectivity index (χ4v) is 3.53. The molecule has 1 aliphatic rings. The zero-order chi connectivity index (χ0) is 13.8. The molecule has 0 heterocycles. The van der Waals surface area contributed by atoms with Gasteiger partial charge in [-0.05, 0) is 42.9 Å². The lowest BCUT2D eigenvalue weighted by Crippen LogP contribution is -2.31. The Morgan fingerprint density at radius 1 is 1.16 bits per heavy atom. The third-order valence-electron chi connectivity index (χ3n) is 3.66. The number of hydrogen-bond acceptors (Lipinski definition) is 1. The molecule has 2 rings (SSSR count). The maximum Gasteiger partial charge on any atom is 0.251 e. The molecule has 19 heavy (non-hydrogen) atoms. The van der Waals surface area contributed by atoms with E-state index in [1.165, 1.54) is 6.42 Å². The third kappa shape index (κ3) is 4.01. The summed E-state index contributed by atoms with van der Waals surface area (Å²) in [4.78, 5) is 12.0. The highest BCUT2D eigenvalue weighted by Gasteiger charge is 2.26. The summed E-state index contributed by atoms with van der Waals surface area (Å²) < 4.78 is 0. The largest absolute Gasteiger partial charge is 0.352 e. The molecule has 2 atom stereocenters. The quantitative estimate of drug-likeness (QED) is 0.820. The van der Waals surface area contributed by atoms with E-state index in [0.717, 1.165) is 12.8 Å². The molecule has 104 valence electrons. The van der Waals surface area contributed by atoms with Crippen LogP contribution in [0.3, 0.4) is 0 Å². The van der Waals surface area contributed by atoms with E-state index in [1.54, 1.807) is 18.2 Å². The van der Waals surface area contributed by atoms with Crippen molar-refractivity contribution in [3.63, 3.8) is 0 Å². The molecule has 5 heteroatoms. The van der Waals surface area contributed by atoms with Crippen LogP contribution in [0.15, 0.2) is 18.2 Å². The van der Waals surface area contributed by atoms with Gasteiger partial charge in [-0.15, -0.1) is 11.6 Å². The van der Waals surface area contributed by atoms with Crippen molar-refractivity contribution in [1.29, 1.82) is 0 Å². The zero-order valence-electron chi connectivity index (χ0n) is 10.5. The number of carbonyl (C=O) groups is 1. The Bertz CT molecular complexity index is 444. The van der Waals surface area contributed by atoms with Crippen molar-refractivity contribution in [2.75, 3.05) is 12.4 Å². The van der Waals surface area contributed by atoms with E-state index in [-0.39, 0.29) is 5.91 Å². The van der Waals surface area contributed by atoms with Crippen LogP contribution in [0.25, 0.3) is 0 Å². The van der Waals surface area contributed by atoms with Gasteiger partial charge in [0.15, 0.2) is 0 Å². The van der Waals surface area contributed by atoms with Crippen LogP contribution in [-0.2, 0) is 0 Å². The van der Waals surface area contributed by atoms with Crippen molar-refractivity contribution in [2.24, 2.45) is 11.8 Å². The number of alkyl halides is 1. The summed E-state index contributed by atoms with van der Waals surface area (Å²) in [6.45, 7) is 0.667. The lowest BCUT2D eigenvalue weighted by atomic mass is 9.98. The van der Waals surface area contributed by atoms with Crippen molar-refractivity contribution >= 4 is 40.7 Å². The Labute approximate surface area is 128 Å². The van der Waals surface area contributed by atoms with Gasteiger partial charge in [-0.3, -0.25) is 4.79 Å². The molecule has 1 N–H and O–H groups in total. The molecular formula is C14H16Cl3NO. The SMILES string of the molecule is O=C(NCC1CCCC1CCl)c1cc(Cl)cc(Cl)c1. The molecule has 0 radical (unpaired) electrons. The molecule has 1 amide bonds. The number of rotatable bonds is 4. The van der Waals surface area contributed by atoms with Crippen LogP contribution in [0, 0.1) is 11.8 Å². The monoisotopic (exact) mass is 319 g/mol. The molecule has 0 saturated heterocycles. The molecule has 0 bridgehead atoms. The van der Waals surface area contributed by atoms with Crippen LogP contribution in [0.2, 0.25) is 10.0 Å². The second-order valence-corrected chi connectivity index (χ2v) is 6.15. The first kappa shape index (κ1) is 15.0. The normalized spacial score (nSPS) is 22.5. The third-order valence-corrected chi connectivity index (χ3v) is 4.50. The smallest absolute Gasteiger partial charge is 0.251 e. The van der Waals surface area contributed by atoms with Gasteiger partial charge in [0.05, 0.1) is 0 Å². The fraction of sp³-hybridized carbons (Fsp3) is 0.500. The van der Waals surface area contributed by atoms with E-state index < -0.39 is 0 Å². The lowest BCUT2D eigenvalue weighted by Gasteiger charge is -2.17. The molecule has 1 fully saturated rings. The van der Waals surface area contributed by atoms with Crippen LogP contribution in [-0.4, -0.2) is 18.3 Å². The minimum absolute atomic E-state index is 0.135. The van der Waals surface area contributed by atoms with Gasteiger partial charge in [0.2, 0.25) is 0 Å². The first-order chi connectivity index (χ1) is 9.10. The Kier molecular flexibility index (Phi) is 5.37. The second kappa shape index (κ2) is 6.83. The fourth-order valence-electron chi connectivity index (χ4n) is 2.60. The molecule has 0 aliphatic heterocycles. The maximum absolute atomic E-state index is 12.0. The highest BCUT2D eigenvalue weighted by atomic mass is 35.5. The number of amides is 1. The lowest BCUT2D eigenvalue weighted by molar-refractivity contribution is 0.0944. The number of halogens is 3. The van der Waals surface area contributed by atoms with Crippen molar-refractivity contribution in [1.82, 2.24) is 5.32 Å². The van der Waals surface area contributed by atoms with E-state index in [4.69, 9.17) is 34.8 Å². The number of carbonyl (C=O) groups excluding carboxylic acids is 1. The van der Waals surface area contributed by atoms with Gasteiger partial charge < -0.3 is 5.32 Å². The Hall–Kier alpha value is -0.440. The van der Waals surface area contributed by atoms with Crippen LogP contribution >= 0.6 is 34.8 Å². The van der Waals surface area contributed by atoms with Gasteiger partial charge in [-0.2, -0.15) is 0 Å². The van der Waals surface area contributed by atoms with Gasteiger partial charge in [-0.1, -0.05) is 29.6 Å². The topological polar surface area (TPSA) is 29.1 Å². The molecule has 2 unspecified atom stereocenters. The maximum atomic E-state index is 12.0. The summed E-state index contributed by atoms with van der Waals surface area (Å²) in [5, 5.41) is 3.88. The van der Waals surface area contributed by atoms with E-state index in [9.17, 15) is 4.79 Å². The highest BCUT2D eigenvalue weighted by Crippen LogP contribution is 2.32. The first-order valence-corrected chi connectivity index (χ1v) is 7.69. The Morgan fingerprint density at radius 3 is 2.42 bits per heavy atom. The van der Waals surface area contributed by atoms with Crippen molar-refractivity contribution in [3.05, 3.63) is 33.8 Å². The van der Waals surface area contributed by atoms with Gasteiger partial charge in [0.1, 0.15) is 0 Å². The average molecular weight is 321 g/mol. The van der Waals surface area contributed by atoms with Crippen LogP contribution in [0.4, 0.5) is 0 Å². The minimum Gasteiger partial charge on any atom is -0.352 e. The van der Waals surface area contributed by atoms with Gasteiger partial charge in [0.25, 0.3) is 5.91 Å². The number of hydrogen-bond donors (Lipinski definition) is 1. The summed E-state index contributed by atoms with van der Waals surface area (Å²) in [7, 11) is 0. The van der Waals surface area contributed by atoms with E-state index in [1.807, 2.05) is 0 Å². The van der Waals surface area contributed by atoms with Crippen molar-refractivity contribution in [3.8, 4) is 0 Å². The number of nitrogens with one attached hydrogen (secondary N) is 1. The van der Waals surface area contributed by atoms with Gasteiger partial charge >= 0.3 is 0 Å². The molecule has 1 aromatic rings. The Morgan fingerprint density at radius 2 is 1.79 bits per heavy atom. The van der Waals surface area contributed by atoms with Gasteiger partial charge in [0, 0.05) is 28.0 Å². The summed E-state index contributed by atoms with van der Waals surface area (Å²) in [5.41, 5.74) is 0.498. The predicted octanol–water partition coefficient (Wildman–Crippen LogP) is 4.38. The summed E-state index contributed by atoms with van der Waals surface area (Å²) in [5.74, 6) is 1.54. The van der Waals surface area contributed by atoms with E-state index in [2.05, 4.69) is 5.32 Å². The Balaban J connectivity index is 1.94. The van der Waals surface area contributed by atoms with Crippen LogP contribution in [0.5, 0.6) is 0 Å². The molecular weight excluding hydrogens is 305 g/mol. The molecule has 2 nitrogen and oxygen atoms in total. The summed E-state index contributed by atoms with van der Waals surface area (Å²) in [6, 6.07) is 4.85. The van der Waals surface area contributed by atoms with E-state index in [0.29, 0.717) is 39.9 Å². The molecule has 1 aliphatic carbocycles. The standard InChI is InChI=1S/C14H16Cl3NO/c15-7-9-2-1-3-10(9)8-18-14(19)11-4-12(16)6-13(17)5-11/h4-6,9-10H,1-3,7-8H2,(H,18,19). The van der Waals surface area contributed by atoms with Crippen LogP contribution < -0.4 is 5.32 Å². The first-order valence-electron chi connectivity index (χ1n) is 6.40. The van der Waals surface area contributed by atoms with E-state index >= 15 is 0 Å². The zero-order valence-corrected chi connectivity index (χ0v) is 12.7. The molecule has 0 aromatic heterocycles. The number of benzene rings is 1. The molecule has 0 spiro atoms. The average Bonchev–Trinajstić information content (AvgIpc) is 2.82. The highest BCUT2D eigenvalue weighted by molar-refractivity contribution is 6.35. The van der Waals surface area contributed by atoms with Gasteiger partial charge in [-0.25, -0.2) is 0 Å². The molecule has 1 aromatic carbocycles. The predicted molar refractivity (Wildman–Crippen MR) is 80.3 cm³/mol. The summed E-state index contributed by atoms with van der Waals surface area (Å²) in [6.07, 6.45) is 3.49. The van der Waals surface area contributed by atoms with Crippen molar-refractivity contribution in [2.45, 2.75) is 19.3 Å². The van der Waals surface area contributed by atoms with Crippen molar-refractivity contribution < 1.29 is 4.79 Å². The molecule has 1 saturated carbocycles. The summed E-state index contributed by atoms with van der Waals surface area (Å²) >= 11 is 17.7. The second-order valence-electron chi connectivity index (χ2n) is 4.97. The minimum atomic E-state index is -0.135.